The molecule has 1 fully saturated rings. The van der Waals surface area contributed by atoms with Crippen molar-refractivity contribution in [3.8, 4) is 0 Å². The van der Waals surface area contributed by atoms with Gasteiger partial charge in [-0.1, -0.05) is 37.3 Å². The molecule has 1 aliphatic heterocycles. The second-order valence-electron chi connectivity index (χ2n) is 10.6. The van der Waals surface area contributed by atoms with E-state index in [1.165, 1.54) is 0 Å². The van der Waals surface area contributed by atoms with Gasteiger partial charge >= 0.3 is 12.0 Å². The van der Waals surface area contributed by atoms with Gasteiger partial charge < -0.3 is 43.2 Å². The van der Waals surface area contributed by atoms with Crippen molar-refractivity contribution in [3.05, 3.63) is 35.9 Å². The van der Waals surface area contributed by atoms with E-state index in [0.29, 0.717) is 31.4 Å². The summed E-state index contributed by atoms with van der Waals surface area (Å²) in [5, 5.41) is 24.0. The number of hydrogen-bond donors (Lipinski definition) is 9. The minimum absolute atomic E-state index is 0.0129. The first-order valence-corrected chi connectivity index (χ1v) is 15.0. The van der Waals surface area contributed by atoms with Gasteiger partial charge in [-0.3, -0.25) is 39.1 Å². The monoisotopic (exact) mass is 645 g/mol. The molecule has 17 nitrogen and oxygen atoms in total. The van der Waals surface area contributed by atoms with E-state index in [0.717, 1.165) is 0 Å². The van der Waals surface area contributed by atoms with Crippen LogP contribution in [0.1, 0.15) is 57.4 Å². The molecular weight excluding hydrogens is 602 g/mol. The van der Waals surface area contributed by atoms with Crippen LogP contribution in [0.3, 0.4) is 0 Å². The number of benzene rings is 1. The molecule has 1 aliphatic rings. The number of guanidine groups is 1. The lowest BCUT2D eigenvalue weighted by atomic mass is 10.0. The summed E-state index contributed by atoms with van der Waals surface area (Å²) >= 11 is 0. The molecular formula is C29H43N9O8. The number of hydrogen-bond acceptors (Lipinski definition) is 8. The summed E-state index contributed by atoms with van der Waals surface area (Å²) in [5.41, 5.74) is 11.4. The van der Waals surface area contributed by atoms with Crippen molar-refractivity contribution in [3.63, 3.8) is 0 Å². The third-order valence-corrected chi connectivity index (χ3v) is 6.93. The van der Waals surface area contributed by atoms with Crippen molar-refractivity contribution in [2.75, 3.05) is 13.1 Å². The third-order valence-electron chi connectivity index (χ3n) is 6.93. The maximum absolute atomic E-state index is 13.6. The van der Waals surface area contributed by atoms with E-state index in [-0.39, 0.29) is 44.1 Å². The van der Waals surface area contributed by atoms with Crippen LogP contribution in [0, 0.1) is 0 Å². The summed E-state index contributed by atoms with van der Waals surface area (Å²) in [6.45, 7) is 2.17. The number of nitrogens with two attached hydrogens (primary N) is 2. The first-order chi connectivity index (χ1) is 21.9. The summed E-state index contributed by atoms with van der Waals surface area (Å²) in [6, 6.07) is 2.11. The Hall–Kier alpha value is -5.22. The zero-order chi connectivity index (χ0) is 34.1. The molecule has 0 aromatic heterocycles. The van der Waals surface area contributed by atoms with Gasteiger partial charge in [0.05, 0.1) is 6.42 Å². The van der Waals surface area contributed by atoms with E-state index >= 15 is 0 Å². The number of imide groups is 1. The van der Waals surface area contributed by atoms with Crippen molar-refractivity contribution in [2.24, 2.45) is 16.5 Å². The van der Waals surface area contributed by atoms with Gasteiger partial charge in [0.1, 0.15) is 24.2 Å². The van der Waals surface area contributed by atoms with Gasteiger partial charge in [-0.15, -0.1) is 0 Å². The topological polar surface area (TPSA) is 276 Å². The number of rotatable bonds is 14. The second-order valence-corrected chi connectivity index (χ2v) is 10.6. The largest absolute Gasteiger partial charge is 0.481 e. The highest BCUT2D eigenvalue weighted by molar-refractivity contribution is 6.02. The lowest BCUT2D eigenvalue weighted by molar-refractivity contribution is -0.140. The molecule has 4 atom stereocenters. The minimum atomic E-state index is -1.65. The summed E-state index contributed by atoms with van der Waals surface area (Å²) in [6.07, 6.45) is 0.633. The normalized spacial score (nSPS) is 20.9. The average molecular weight is 646 g/mol. The Kier molecular flexibility index (Phi) is 15.5. The zero-order valence-electron chi connectivity index (χ0n) is 25.7. The van der Waals surface area contributed by atoms with Gasteiger partial charge in [-0.05, 0) is 37.7 Å². The molecule has 2 unspecified atom stereocenters. The maximum atomic E-state index is 13.6. The van der Waals surface area contributed by atoms with E-state index < -0.39 is 66.2 Å². The summed E-state index contributed by atoms with van der Waals surface area (Å²) < 4.78 is 0. The quantitative estimate of drug-likeness (QED) is 0.0616. The number of urea groups is 1. The summed E-state index contributed by atoms with van der Waals surface area (Å²) in [4.78, 5) is 93.2. The zero-order valence-corrected chi connectivity index (χ0v) is 25.7. The molecule has 1 aromatic rings. The van der Waals surface area contributed by atoms with Crippen molar-refractivity contribution < 1.29 is 38.7 Å². The number of nitrogens with one attached hydrogen (secondary N) is 6. The number of carboxylic acid groups (broad SMARTS) is 1. The third kappa shape index (κ3) is 13.6. The van der Waals surface area contributed by atoms with Crippen LogP contribution in [0.25, 0.3) is 0 Å². The number of unbranched alkanes of at least 4 members (excludes halogenated alkanes) is 1. The number of carbonyl (C=O) groups is 7. The van der Waals surface area contributed by atoms with Crippen LogP contribution < -0.4 is 43.4 Å². The molecule has 2 rings (SSSR count). The Balaban J connectivity index is 2.42. The Morgan fingerprint density at radius 2 is 1.39 bits per heavy atom. The summed E-state index contributed by atoms with van der Waals surface area (Å²) in [5.74, 6) is -5.14. The molecule has 7 amide bonds. The van der Waals surface area contributed by atoms with Crippen LogP contribution in [-0.4, -0.2) is 89.9 Å². The summed E-state index contributed by atoms with van der Waals surface area (Å²) in [7, 11) is 0. The lowest BCUT2D eigenvalue weighted by Gasteiger charge is -2.27. The predicted octanol–water partition coefficient (Wildman–Crippen LogP) is -1.88. The lowest BCUT2D eigenvalue weighted by Crippen LogP contribution is -2.61. The molecule has 46 heavy (non-hydrogen) atoms. The fourth-order valence-corrected chi connectivity index (χ4v) is 4.52. The van der Waals surface area contributed by atoms with E-state index in [9.17, 15) is 38.7 Å². The first-order valence-electron chi connectivity index (χ1n) is 15.0. The molecule has 17 heteroatoms. The molecule has 0 aliphatic carbocycles. The SMILES string of the molecule is CCC(=O)NCCCCC1NC(=O)[C@@H](Cc2ccccc2)NC(=O)C(CC(=O)O)NC(=O)NC(=O)[C@H](CCCN=C(N)N)NC1=O. The van der Waals surface area contributed by atoms with Crippen molar-refractivity contribution in [2.45, 2.75) is 82.5 Å². The van der Waals surface area contributed by atoms with Gasteiger partial charge in [0.2, 0.25) is 23.6 Å². The number of nitrogens with zero attached hydrogens (tertiary/aromatic N) is 1. The number of amides is 7. The molecule has 1 aromatic carbocycles. The average Bonchev–Trinajstić information content (AvgIpc) is 3.00. The molecule has 1 saturated heterocycles. The van der Waals surface area contributed by atoms with Gasteiger partial charge in [0, 0.05) is 25.9 Å². The number of aliphatic imine (C=N–C) groups is 1. The number of carboxylic acids is 1. The van der Waals surface area contributed by atoms with Gasteiger partial charge in [-0.25, -0.2) is 4.79 Å². The highest BCUT2D eigenvalue weighted by Gasteiger charge is 2.33. The van der Waals surface area contributed by atoms with Crippen LogP contribution in [0.15, 0.2) is 35.3 Å². The van der Waals surface area contributed by atoms with Crippen molar-refractivity contribution in [1.82, 2.24) is 31.9 Å². The van der Waals surface area contributed by atoms with Crippen LogP contribution >= 0.6 is 0 Å². The molecule has 11 N–H and O–H groups in total. The standard InChI is InChI=1S/C29H43N9O8/c1-2-22(39)32-13-7-6-11-18-24(42)34-19(12-8-14-33-28(30)31)25(43)38-29(46)37-21(16-23(40)41)27(45)36-20(26(44)35-18)15-17-9-4-3-5-10-17/h3-5,9-10,18-21H,2,6-8,11-16H2,1H3,(H,32,39)(H,34,42)(H,35,44)(H,36,45)(H,40,41)(H4,30,31,33)(H2,37,38,43,46)/t18?,19-,20+,21?/m0/s1. The van der Waals surface area contributed by atoms with Crippen LogP contribution in [0.2, 0.25) is 0 Å². The second kappa shape index (κ2) is 19.2. The number of aliphatic carboxylic acids is 1. The number of carbonyl (C=O) groups excluding carboxylic acids is 6. The van der Waals surface area contributed by atoms with Crippen LogP contribution in [-0.2, 0) is 35.2 Å². The van der Waals surface area contributed by atoms with E-state index in [1.54, 1.807) is 37.3 Å². The molecule has 1 heterocycles. The van der Waals surface area contributed by atoms with Gasteiger partial charge in [0.25, 0.3) is 5.91 Å². The van der Waals surface area contributed by atoms with Gasteiger partial charge in [0.15, 0.2) is 5.96 Å². The minimum Gasteiger partial charge on any atom is -0.481 e. The highest BCUT2D eigenvalue weighted by Crippen LogP contribution is 2.09. The Morgan fingerprint density at radius 3 is 2.02 bits per heavy atom. The molecule has 0 spiro atoms. The van der Waals surface area contributed by atoms with Crippen LogP contribution in [0.5, 0.6) is 0 Å². The Labute approximate surface area is 266 Å². The molecule has 0 bridgehead atoms. The molecule has 0 saturated carbocycles. The van der Waals surface area contributed by atoms with E-state index in [2.05, 4.69) is 31.6 Å². The Bertz CT molecular complexity index is 1270. The first kappa shape index (κ1) is 37.0. The van der Waals surface area contributed by atoms with Gasteiger partial charge in [-0.2, -0.15) is 0 Å². The van der Waals surface area contributed by atoms with E-state index in [1.807, 2.05) is 5.32 Å². The predicted molar refractivity (Wildman–Crippen MR) is 166 cm³/mol. The fourth-order valence-electron chi connectivity index (χ4n) is 4.52. The van der Waals surface area contributed by atoms with Crippen molar-refractivity contribution >= 4 is 47.5 Å². The smallest absolute Gasteiger partial charge is 0.322 e. The maximum Gasteiger partial charge on any atom is 0.322 e. The van der Waals surface area contributed by atoms with Crippen LogP contribution in [0.4, 0.5) is 4.79 Å². The molecule has 0 radical (unpaired) electrons. The van der Waals surface area contributed by atoms with Crippen molar-refractivity contribution in [1.29, 1.82) is 0 Å². The van der Waals surface area contributed by atoms with E-state index in [4.69, 9.17) is 11.5 Å². The fraction of sp³-hybridized carbons (Fsp3) is 0.517. The Morgan fingerprint density at radius 1 is 0.804 bits per heavy atom. The molecule has 252 valence electrons. The highest BCUT2D eigenvalue weighted by atomic mass is 16.4.